The van der Waals surface area contributed by atoms with E-state index in [0.29, 0.717) is 11.3 Å². The third-order valence-corrected chi connectivity index (χ3v) is 3.33. The first-order valence-electron chi connectivity index (χ1n) is 6.54. The number of hydrogen-bond donors (Lipinski definition) is 1. The monoisotopic (exact) mass is 334 g/mol. The zero-order valence-electron chi connectivity index (χ0n) is 12.2. The molecule has 23 heavy (non-hydrogen) atoms. The predicted octanol–water partition coefficient (Wildman–Crippen LogP) is 1.49. The number of sulfonamides is 1. The first-order chi connectivity index (χ1) is 10.8. The van der Waals surface area contributed by atoms with Gasteiger partial charge >= 0.3 is 5.97 Å². The van der Waals surface area contributed by atoms with E-state index in [2.05, 4.69) is 9.71 Å². The molecule has 1 heterocycles. The van der Waals surface area contributed by atoms with Gasteiger partial charge in [0.2, 0.25) is 10.0 Å². The minimum atomic E-state index is -3.37. The van der Waals surface area contributed by atoms with Crippen LogP contribution in [-0.2, 0) is 14.8 Å². The van der Waals surface area contributed by atoms with E-state index in [-0.39, 0.29) is 5.69 Å². The molecule has 0 aliphatic heterocycles. The average molecular weight is 334 g/mol. The maximum absolute atomic E-state index is 11.9. The van der Waals surface area contributed by atoms with Crippen molar-refractivity contribution in [3.8, 4) is 0 Å². The molecule has 0 spiro atoms. The van der Waals surface area contributed by atoms with Crippen LogP contribution < -0.4 is 4.72 Å². The SMILES string of the molecule is CS(=O)(=O)Nc1ccc(C(=O)COC(=O)c2ccccn2)cc1. The lowest BCUT2D eigenvalue weighted by atomic mass is 10.1. The summed E-state index contributed by atoms with van der Waals surface area (Å²) in [5.74, 6) is -1.09. The summed E-state index contributed by atoms with van der Waals surface area (Å²) in [5, 5.41) is 0. The molecule has 0 atom stereocenters. The van der Waals surface area contributed by atoms with Gasteiger partial charge in [0.15, 0.2) is 12.4 Å². The average Bonchev–Trinajstić information content (AvgIpc) is 2.52. The molecule has 0 aliphatic rings. The molecule has 0 fully saturated rings. The topological polar surface area (TPSA) is 102 Å². The number of benzene rings is 1. The summed E-state index contributed by atoms with van der Waals surface area (Å²) in [6.07, 6.45) is 2.48. The lowest BCUT2D eigenvalue weighted by Crippen LogP contribution is -2.15. The molecule has 0 unspecified atom stereocenters. The molecule has 7 nitrogen and oxygen atoms in total. The fourth-order valence-corrected chi connectivity index (χ4v) is 2.27. The maximum Gasteiger partial charge on any atom is 0.357 e. The number of esters is 1. The zero-order valence-corrected chi connectivity index (χ0v) is 13.0. The van der Waals surface area contributed by atoms with E-state index in [0.717, 1.165) is 6.26 Å². The quantitative estimate of drug-likeness (QED) is 0.634. The fourth-order valence-electron chi connectivity index (χ4n) is 1.71. The molecule has 2 rings (SSSR count). The molecular weight excluding hydrogens is 320 g/mol. The number of rotatable bonds is 6. The summed E-state index contributed by atoms with van der Waals surface area (Å²) < 4.78 is 29.4. The number of ether oxygens (including phenoxy) is 1. The molecular formula is C15H14N2O5S. The number of anilines is 1. The minimum absolute atomic E-state index is 0.119. The van der Waals surface area contributed by atoms with Gasteiger partial charge in [0.1, 0.15) is 5.69 Å². The van der Waals surface area contributed by atoms with E-state index >= 15 is 0 Å². The highest BCUT2D eigenvalue weighted by Gasteiger charge is 2.12. The highest BCUT2D eigenvalue weighted by atomic mass is 32.2. The Bertz CT molecular complexity index is 802. The second-order valence-electron chi connectivity index (χ2n) is 4.67. The van der Waals surface area contributed by atoms with E-state index in [9.17, 15) is 18.0 Å². The van der Waals surface area contributed by atoms with E-state index in [4.69, 9.17) is 4.74 Å². The highest BCUT2D eigenvalue weighted by molar-refractivity contribution is 7.92. The van der Waals surface area contributed by atoms with E-state index < -0.39 is 28.4 Å². The predicted molar refractivity (Wildman–Crippen MR) is 83.8 cm³/mol. The molecule has 0 aliphatic carbocycles. The summed E-state index contributed by atoms with van der Waals surface area (Å²) in [5.41, 5.74) is 0.764. The molecule has 2 aromatic rings. The summed E-state index contributed by atoms with van der Waals surface area (Å²) >= 11 is 0. The van der Waals surface area contributed by atoms with Crippen LogP contribution in [0.15, 0.2) is 48.7 Å². The fraction of sp³-hybridized carbons (Fsp3) is 0.133. The van der Waals surface area contributed by atoms with Crippen molar-refractivity contribution in [3.05, 3.63) is 59.9 Å². The number of nitrogens with zero attached hydrogens (tertiary/aromatic N) is 1. The van der Waals surface area contributed by atoms with Gasteiger partial charge in [-0.05, 0) is 36.4 Å². The molecule has 1 aromatic carbocycles. The Hall–Kier alpha value is -2.74. The van der Waals surface area contributed by atoms with Crippen molar-refractivity contribution in [2.45, 2.75) is 0 Å². The van der Waals surface area contributed by atoms with Gasteiger partial charge in [-0.2, -0.15) is 0 Å². The van der Waals surface area contributed by atoms with Crippen LogP contribution in [-0.4, -0.2) is 38.0 Å². The first kappa shape index (κ1) is 16.6. The third-order valence-electron chi connectivity index (χ3n) is 2.72. The number of pyridine rings is 1. The third kappa shape index (κ3) is 5.19. The Morgan fingerprint density at radius 3 is 2.39 bits per heavy atom. The summed E-state index contributed by atoms with van der Waals surface area (Å²) in [4.78, 5) is 27.4. The van der Waals surface area contributed by atoms with E-state index in [1.54, 1.807) is 12.1 Å². The standard InChI is InChI=1S/C15H14N2O5S/c1-23(20,21)17-12-7-5-11(6-8-12)14(18)10-22-15(19)13-4-2-3-9-16-13/h2-9,17H,10H2,1H3. The van der Waals surface area contributed by atoms with Crippen LogP contribution in [0.4, 0.5) is 5.69 Å². The van der Waals surface area contributed by atoms with Crippen LogP contribution in [0, 0.1) is 0 Å². The normalized spacial score (nSPS) is 10.8. The number of aromatic nitrogens is 1. The molecule has 0 saturated carbocycles. The number of carbonyl (C=O) groups is 2. The number of nitrogens with one attached hydrogen (secondary N) is 1. The van der Waals surface area contributed by atoms with E-state index in [1.807, 2.05) is 0 Å². The Labute approximate surface area is 133 Å². The number of Topliss-reactive ketones (excluding diaryl/α,β-unsaturated/α-hetero) is 1. The molecule has 8 heteroatoms. The Balaban J connectivity index is 1.95. The lowest BCUT2D eigenvalue weighted by Gasteiger charge is -2.06. The molecule has 120 valence electrons. The molecule has 0 bridgehead atoms. The van der Waals surface area contributed by atoms with Gasteiger partial charge in [-0.25, -0.2) is 18.2 Å². The first-order valence-corrected chi connectivity index (χ1v) is 8.43. The second-order valence-corrected chi connectivity index (χ2v) is 6.41. The highest BCUT2D eigenvalue weighted by Crippen LogP contribution is 2.11. The summed E-state index contributed by atoms with van der Waals surface area (Å²) in [6.45, 7) is -0.422. The maximum atomic E-state index is 11.9. The summed E-state index contributed by atoms with van der Waals surface area (Å²) in [6, 6.07) is 10.6. The van der Waals surface area contributed by atoms with Crippen molar-refractivity contribution < 1.29 is 22.7 Å². The number of ketones is 1. The molecule has 1 N–H and O–H groups in total. The van der Waals surface area contributed by atoms with Crippen molar-refractivity contribution in [1.82, 2.24) is 4.98 Å². The molecule has 0 radical (unpaired) electrons. The van der Waals surface area contributed by atoms with E-state index in [1.165, 1.54) is 36.5 Å². The number of hydrogen-bond acceptors (Lipinski definition) is 6. The Morgan fingerprint density at radius 1 is 1.13 bits per heavy atom. The van der Waals surface area contributed by atoms with Crippen LogP contribution in [0.25, 0.3) is 0 Å². The van der Waals surface area contributed by atoms with Crippen molar-refractivity contribution in [2.24, 2.45) is 0 Å². The van der Waals surface area contributed by atoms with Crippen LogP contribution in [0.1, 0.15) is 20.8 Å². The van der Waals surface area contributed by atoms with Gasteiger partial charge in [0, 0.05) is 17.4 Å². The smallest absolute Gasteiger partial charge is 0.357 e. The van der Waals surface area contributed by atoms with Crippen molar-refractivity contribution in [3.63, 3.8) is 0 Å². The van der Waals surface area contributed by atoms with Crippen molar-refractivity contribution in [1.29, 1.82) is 0 Å². The lowest BCUT2D eigenvalue weighted by molar-refractivity contribution is 0.0469. The zero-order chi connectivity index (χ0) is 16.9. The largest absolute Gasteiger partial charge is 0.453 e. The molecule has 0 saturated heterocycles. The van der Waals surface area contributed by atoms with Gasteiger partial charge in [-0.15, -0.1) is 0 Å². The van der Waals surface area contributed by atoms with Gasteiger partial charge < -0.3 is 4.74 Å². The van der Waals surface area contributed by atoms with Crippen molar-refractivity contribution >= 4 is 27.5 Å². The molecule has 0 amide bonds. The molecule has 1 aromatic heterocycles. The van der Waals surface area contributed by atoms with Crippen LogP contribution in [0.2, 0.25) is 0 Å². The Kier molecular flexibility index (Phi) is 5.07. The van der Waals surface area contributed by atoms with Gasteiger partial charge in [0.25, 0.3) is 0 Å². The minimum Gasteiger partial charge on any atom is -0.453 e. The van der Waals surface area contributed by atoms with Gasteiger partial charge in [-0.1, -0.05) is 6.07 Å². The van der Waals surface area contributed by atoms with Crippen LogP contribution >= 0.6 is 0 Å². The van der Waals surface area contributed by atoms with Gasteiger partial charge in [0.05, 0.1) is 6.26 Å². The van der Waals surface area contributed by atoms with Crippen LogP contribution in [0.5, 0.6) is 0 Å². The van der Waals surface area contributed by atoms with Crippen molar-refractivity contribution in [2.75, 3.05) is 17.6 Å². The number of carbonyl (C=O) groups excluding carboxylic acids is 2. The van der Waals surface area contributed by atoms with Gasteiger partial charge in [-0.3, -0.25) is 9.52 Å². The Morgan fingerprint density at radius 2 is 1.83 bits per heavy atom. The van der Waals surface area contributed by atoms with Crippen LogP contribution in [0.3, 0.4) is 0 Å². The second kappa shape index (κ2) is 7.01. The summed E-state index contributed by atoms with van der Waals surface area (Å²) in [7, 11) is -3.37.